The number of amides is 1. The molecule has 0 bridgehead atoms. The van der Waals surface area contributed by atoms with Crippen molar-refractivity contribution in [2.24, 2.45) is 5.73 Å². The van der Waals surface area contributed by atoms with Gasteiger partial charge in [0.05, 0.1) is 0 Å². The number of nitrogens with one attached hydrogen (secondary N) is 1. The fourth-order valence-electron chi connectivity index (χ4n) is 1.59. The molecule has 82 valence electrons. The zero-order valence-corrected chi connectivity index (χ0v) is 9.25. The van der Waals surface area contributed by atoms with E-state index < -0.39 is 0 Å². The van der Waals surface area contributed by atoms with Crippen LogP contribution < -0.4 is 16.0 Å². The van der Waals surface area contributed by atoms with Crippen LogP contribution in [0.1, 0.15) is 5.01 Å². The van der Waals surface area contributed by atoms with Crippen molar-refractivity contribution in [3.05, 3.63) is 5.01 Å². The van der Waals surface area contributed by atoms with Gasteiger partial charge in [-0.15, -0.1) is 10.2 Å². The summed E-state index contributed by atoms with van der Waals surface area (Å²) in [5, 5.41) is 12.8. The molecule has 1 atom stereocenters. The smallest absolute Gasteiger partial charge is 0.241 e. The summed E-state index contributed by atoms with van der Waals surface area (Å²) in [6.07, 6.45) is 0. The molecule has 2 rings (SSSR count). The Hall–Kier alpha value is -1.21. The number of hydrogen-bond acceptors (Lipinski definition) is 6. The molecule has 1 saturated heterocycles. The molecule has 3 N–H and O–H groups in total. The van der Waals surface area contributed by atoms with Gasteiger partial charge in [0.25, 0.3) is 0 Å². The van der Waals surface area contributed by atoms with Crippen molar-refractivity contribution in [2.45, 2.75) is 13.0 Å². The van der Waals surface area contributed by atoms with Gasteiger partial charge in [0.1, 0.15) is 11.0 Å². The molecule has 0 aromatic carbocycles. The Kier molecular flexibility index (Phi) is 2.83. The highest BCUT2D eigenvalue weighted by Crippen LogP contribution is 2.22. The predicted molar refractivity (Wildman–Crippen MR) is 57.8 cm³/mol. The van der Waals surface area contributed by atoms with Crippen LogP contribution in [0.4, 0.5) is 5.13 Å². The summed E-state index contributed by atoms with van der Waals surface area (Å²) < 4.78 is 0. The Balaban J connectivity index is 2.21. The fraction of sp³-hybridized carbons (Fsp3) is 0.625. The Bertz CT molecular complexity index is 366. The Morgan fingerprint density at radius 3 is 3.07 bits per heavy atom. The van der Waals surface area contributed by atoms with E-state index >= 15 is 0 Å². The molecule has 1 aromatic rings. The summed E-state index contributed by atoms with van der Waals surface area (Å²) >= 11 is 1.48. The topological polar surface area (TPSA) is 84.1 Å². The Morgan fingerprint density at radius 2 is 2.47 bits per heavy atom. The van der Waals surface area contributed by atoms with Crippen molar-refractivity contribution in [2.75, 3.05) is 24.5 Å². The Morgan fingerprint density at radius 1 is 1.67 bits per heavy atom. The first-order valence-electron chi connectivity index (χ1n) is 4.75. The van der Waals surface area contributed by atoms with Gasteiger partial charge in [0.15, 0.2) is 0 Å². The third kappa shape index (κ3) is 2.07. The maximum Gasteiger partial charge on any atom is 0.241 e. The SMILES string of the molecule is Cc1nnc(N2CCNCC2C(N)=O)s1. The molecule has 1 aliphatic rings. The van der Waals surface area contributed by atoms with Crippen molar-refractivity contribution in [3.8, 4) is 0 Å². The predicted octanol–water partition coefficient (Wildman–Crippen LogP) is -0.890. The molecule has 1 amide bonds. The lowest BCUT2D eigenvalue weighted by atomic mass is 10.2. The zero-order chi connectivity index (χ0) is 10.8. The van der Waals surface area contributed by atoms with Gasteiger partial charge in [-0.05, 0) is 6.92 Å². The minimum Gasteiger partial charge on any atom is -0.368 e. The van der Waals surface area contributed by atoms with Crippen LogP contribution in [0.15, 0.2) is 0 Å². The molecule has 7 heteroatoms. The first-order valence-corrected chi connectivity index (χ1v) is 5.57. The third-order valence-electron chi connectivity index (χ3n) is 2.33. The number of carbonyl (C=O) groups excluding carboxylic acids is 1. The molecule has 2 heterocycles. The van der Waals surface area contributed by atoms with E-state index in [1.54, 1.807) is 0 Å². The summed E-state index contributed by atoms with van der Waals surface area (Å²) in [7, 11) is 0. The molecule has 0 aliphatic carbocycles. The fourth-order valence-corrected chi connectivity index (χ4v) is 2.35. The summed E-state index contributed by atoms with van der Waals surface area (Å²) in [5.74, 6) is -0.324. The molecule has 1 fully saturated rings. The molecule has 15 heavy (non-hydrogen) atoms. The highest BCUT2D eigenvalue weighted by Gasteiger charge is 2.28. The van der Waals surface area contributed by atoms with E-state index in [0.717, 1.165) is 23.2 Å². The second kappa shape index (κ2) is 4.11. The van der Waals surface area contributed by atoms with Crippen molar-refractivity contribution >= 4 is 22.4 Å². The normalized spacial score (nSPS) is 21.7. The van der Waals surface area contributed by atoms with Crippen LogP contribution in [0.3, 0.4) is 0 Å². The maximum absolute atomic E-state index is 11.2. The number of carbonyl (C=O) groups is 1. The molecule has 1 aliphatic heterocycles. The molecule has 0 spiro atoms. The van der Waals surface area contributed by atoms with Crippen LogP contribution in [-0.4, -0.2) is 41.8 Å². The number of hydrogen-bond donors (Lipinski definition) is 2. The lowest BCUT2D eigenvalue weighted by molar-refractivity contribution is -0.119. The van der Waals surface area contributed by atoms with Crippen LogP contribution in [0.2, 0.25) is 0 Å². The molecule has 0 saturated carbocycles. The highest BCUT2D eigenvalue weighted by atomic mass is 32.1. The van der Waals surface area contributed by atoms with Crippen LogP contribution in [-0.2, 0) is 4.79 Å². The van der Waals surface area contributed by atoms with Gasteiger partial charge in [0.2, 0.25) is 11.0 Å². The second-order valence-corrected chi connectivity index (χ2v) is 4.58. The van der Waals surface area contributed by atoms with E-state index in [1.165, 1.54) is 11.3 Å². The average molecular weight is 227 g/mol. The van der Waals surface area contributed by atoms with Crippen LogP contribution in [0.25, 0.3) is 0 Å². The van der Waals surface area contributed by atoms with Crippen molar-refractivity contribution in [3.63, 3.8) is 0 Å². The van der Waals surface area contributed by atoms with Gasteiger partial charge < -0.3 is 16.0 Å². The van der Waals surface area contributed by atoms with Crippen molar-refractivity contribution < 1.29 is 4.79 Å². The van der Waals surface area contributed by atoms with Crippen molar-refractivity contribution in [1.29, 1.82) is 0 Å². The second-order valence-electron chi connectivity index (χ2n) is 3.42. The number of aromatic nitrogens is 2. The lowest BCUT2D eigenvalue weighted by Gasteiger charge is -2.33. The summed E-state index contributed by atoms with van der Waals surface area (Å²) in [6.45, 7) is 4.04. The van der Waals surface area contributed by atoms with Gasteiger partial charge in [-0.3, -0.25) is 4.79 Å². The number of piperazine rings is 1. The van der Waals surface area contributed by atoms with Crippen LogP contribution >= 0.6 is 11.3 Å². The van der Waals surface area contributed by atoms with Gasteiger partial charge in [-0.2, -0.15) is 0 Å². The van der Waals surface area contributed by atoms with E-state index in [0.29, 0.717) is 6.54 Å². The van der Waals surface area contributed by atoms with E-state index in [-0.39, 0.29) is 11.9 Å². The molecular formula is C8H13N5OS. The number of anilines is 1. The lowest BCUT2D eigenvalue weighted by Crippen LogP contribution is -2.57. The van der Waals surface area contributed by atoms with E-state index in [1.807, 2.05) is 11.8 Å². The van der Waals surface area contributed by atoms with E-state index in [4.69, 9.17) is 5.73 Å². The molecule has 0 radical (unpaired) electrons. The summed E-state index contributed by atoms with van der Waals surface area (Å²) in [5.41, 5.74) is 5.34. The Labute approximate surface area is 91.5 Å². The first-order chi connectivity index (χ1) is 7.18. The number of rotatable bonds is 2. The van der Waals surface area contributed by atoms with Gasteiger partial charge in [-0.1, -0.05) is 11.3 Å². The summed E-state index contributed by atoms with van der Waals surface area (Å²) in [4.78, 5) is 13.2. The molecule has 1 aromatic heterocycles. The number of nitrogens with two attached hydrogens (primary N) is 1. The van der Waals surface area contributed by atoms with Gasteiger partial charge in [0, 0.05) is 19.6 Å². The third-order valence-corrected chi connectivity index (χ3v) is 3.21. The molecule has 1 unspecified atom stereocenters. The number of primary amides is 1. The first kappa shape index (κ1) is 10.3. The zero-order valence-electron chi connectivity index (χ0n) is 8.43. The van der Waals surface area contributed by atoms with Gasteiger partial charge in [-0.25, -0.2) is 0 Å². The summed E-state index contributed by atoms with van der Waals surface area (Å²) in [6, 6.07) is -0.314. The standard InChI is InChI=1S/C8H13N5OS/c1-5-11-12-8(15-5)13-3-2-10-4-6(13)7(9)14/h6,10H,2-4H2,1H3,(H2,9,14). The average Bonchev–Trinajstić information content (AvgIpc) is 2.65. The largest absolute Gasteiger partial charge is 0.368 e. The number of nitrogens with zero attached hydrogens (tertiary/aromatic N) is 3. The minimum atomic E-state index is -0.324. The van der Waals surface area contributed by atoms with E-state index in [2.05, 4.69) is 15.5 Å². The quantitative estimate of drug-likeness (QED) is 0.684. The molecule has 6 nitrogen and oxygen atoms in total. The van der Waals surface area contributed by atoms with Crippen LogP contribution in [0, 0.1) is 6.92 Å². The minimum absolute atomic E-state index is 0.314. The highest BCUT2D eigenvalue weighted by molar-refractivity contribution is 7.15. The molecular weight excluding hydrogens is 214 g/mol. The number of aryl methyl sites for hydroxylation is 1. The monoisotopic (exact) mass is 227 g/mol. The van der Waals surface area contributed by atoms with Gasteiger partial charge >= 0.3 is 0 Å². The van der Waals surface area contributed by atoms with Crippen molar-refractivity contribution in [1.82, 2.24) is 15.5 Å². The van der Waals surface area contributed by atoms with E-state index in [9.17, 15) is 4.79 Å². The van der Waals surface area contributed by atoms with Crippen LogP contribution in [0.5, 0.6) is 0 Å². The maximum atomic E-state index is 11.2.